The van der Waals surface area contributed by atoms with E-state index in [0.29, 0.717) is 17.4 Å². The van der Waals surface area contributed by atoms with Crippen molar-refractivity contribution in [1.82, 2.24) is 4.98 Å². The first kappa shape index (κ1) is 22.9. The highest BCUT2D eigenvalue weighted by Gasteiger charge is 2.42. The Kier molecular flexibility index (Phi) is 5.96. The van der Waals surface area contributed by atoms with Crippen molar-refractivity contribution < 1.29 is 40.3 Å². The van der Waals surface area contributed by atoms with Gasteiger partial charge in [0.25, 0.3) is 0 Å². The number of alkyl halides is 6. The molecule has 168 valence electrons. The molecular formula is C18H13ClF7N3O2. The van der Waals surface area contributed by atoms with Crippen molar-refractivity contribution in [2.45, 2.75) is 18.8 Å². The molecule has 13 heteroatoms. The van der Waals surface area contributed by atoms with Crippen LogP contribution in [0.2, 0.25) is 5.15 Å². The highest BCUT2D eigenvalue weighted by Crippen LogP contribution is 2.47. The molecule has 1 aliphatic heterocycles. The van der Waals surface area contributed by atoms with Gasteiger partial charge in [0.2, 0.25) is 0 Å². The van der Waals surface area contributed by atoms with Gasteiger partial charge in [0.1, 0.15) is 11.4 Å². The minimum absolute atomic E-state index is 0.112. The van der Waals surface area contributed by atoms with E-state index in [4.69, 9.17) is 16.3 Å². The molecule has 2 heterocycles. The summed E-state index contributed by atoms with van der Waals surface area (Å²) in [5, 5.41) is -0.594. The third-order valence-corrected chi connectivity index (χ3v) is 4.76. The number of ether oxygens (including phenoxy) is 1. The molecule has 1 aliphatic rings. The van der Waals surface area contributed by atoms with Crippen LogP contribution in [-0.2, 0) is 12.4 Å². The zero-order chi connectivity index (χ0) is 23.1. The summed E-state index contributed by atoms with van der Waals surface area (Å²) in [5.41, 5.74) is -3.79. The van der Waals surface area contributed by atoms with E-state index in [0.717, 1.165) is 19.2 Å². The Bertz CT molecular complexity index is 1010. The van der Waals surface area contributed by atoms with Crippen LogP contribution in [0.1, 0.15) is 17.5 Å². The lowest BCUT2D eigenvalue weighted by atomic mass is 10.0. The van der Waals surface area contributed by atoms with E-state index in [1.54, 1.807) is 0 Å². The predicted octanol–water partition coefficient (Wildman–Crippen LogP) is 5.76. The highest BCUT2D eigenvalue weighted by atomic mass is 35.5. The van der Waals surface area contributed by atoms with Crippen molar-refractivity contribution in [2.24, 2.45) is 0 Å². The number of halogens is 8. The van der Waals surface area contributed by atoms with E-state index in [1.165, 1.54) is 4.90 Å². The smallest absolute Gasteiger partial charge is 0.407 e. The molecule has 3 rings (SSSR count). The SMILES string of the molecule is CN(C(=O)Oc1c(N2CCC2)cc(C(F)(F)F)cc1C(F)(F)F)c1ccc(F)c(Cl)n1. The van der Waals surface area contributed by atoms with Crippen LogP contribution >= 0.6 is 11.6 Å². The second-order valence-corrected chi connectivity index (χ2v) is 6.94. The first-order chi connectivity index (χ1) is 14.3. The van der Waals surface area contributed by atoms with Gasteiger partial charge >= 0.3 is 18.4 Å². The quantitative estimate of drug-likeness (QED) is 0.422. The molecule has 0 spiro atoms. The number of aromatic nitrogens is 1. The lowest BCUT2D eigenvalue weighted by molar-refractivity contribution is -0.143. The van der Waals surface area contributed by atoms with E-state index in [9.17, 15) is 35.5 Å². The van der Waals surface area contributed by atoms with Crippen LogP contribution < -0.4 is 14.5 Å². The van der Waals surface area contributed by atoms with Gasteiger partial charge in [-0.05, 0) is 30.7 Å². The second kappa shape index (κ2) is 8.06. The number of nitrogens with zero attached hydrogens (tertiary/aromatic N) is 3. The van der Waals surface area contributed by atoms with E-state index >= 15 is 0 Å². The van der Waals surface area contributed by atoms with E-state index < -0.39 is 52.0 Å². The summed E-state index contributed by atoms with van der Waals surface area (Å²) >= 11 is 5.53. The summed E-state index contributed by atoms with van der Waals surface area (Å²) in [4.78, 5) is 17.9. The molecule has 1 amide bonds. The number of hydrogen-bond acceptors (Lipinski definition) is 4. The number of pyridine rings is 1. The Morgan fingerprint density at radius 2 is 1.77 bits per heavy atom. The van der Waals surface area contributed by atoms with Gasteiger partial charge in [-0.15, -0.1) is 0 Å². The fourth-order valence-electron chi connectivity index (χ4n) is 2.73. The van der Waals surface area contributed by atoms with Crippen LogP contribution in [-0.4, -0.2) is 31.2 Å². The fourth-order valence-corrected chi connectivity index (χ4v) is 2.88. The summed E-state index contributed by atoms with van der Waals surface area (Å²) in [6, 6.07) is 2.29. The maximum absolute atomic E-state index is 13.6. The standard InChI is InChI=1S/C18H13ClF7N3O2/c1-28(13-4-3-11(20)15(19)27-13)16(30)31-14-10(18(24,25)26)7-9(17(21,22)23)8-12(14)29-5-2-6-29/h3-4,7-8H,2,5-6H2,1H3. The van der Waals surface area contributed by atoms with E-state index in [2.05, 4.69) is 4.98 Å². The average Bonchev–Trinajstić information content (AvgIpc) is 2.61. The minimum Gasteiger partial charge on any atom is -0.407 e. The molecule has 0 aliphatic carbocycles. The lowest BCUT2D eigenvalue weighted by Gasteiger charge is -2.35. The summed E-state index contributed by atoms with van der Waals surface area (Å²) in [6.45, 7) is 0.377. The van der Waals surface area contributed by atoms with Crippen molar-refractivity contribution in [2.75, 3.05) is 29.9 Å². The number of hydrogen-bond donors (Lipinski definition) is 0. The number of carbonyl (C=O) groups excluding carboxylic acids is 1. The van der Waals surface area contributed by atoms with Crippen LogP contribution in [0, 0.1) is 5.82 Å². The molecule has 5 nitrogen and oxygen atoms in total. The normalized spacial score (nSPS) is 14.3. The van der Waals surface area contributed by atoms with Crippen LogP contribution in [0.5, 0.6) is 5.75 Å². The molecule has 1 saturated heterocycles. The molecule has 2 aromatic rings. The molecule has 1 fully saturated rings. The van der Waals surface area contributed by atoms with Gasteiger partial charge in [0.05, 0.1) is 11.3 Å². The second-order valence-electron chi connectivity index (χ2n) is 6.58. The molecule has 0 bridgehead atoms. The number of anilines is 2. The fraction of sp³-hybridized carbons (Fsp3) is 0.333. The molecular weight excluding hydrogens is 459 g/mol. The van der Waals surface area contributed by atoms with Crippen molar-refractivity contribution >= 4 is 29.2 Å². The zero-order valence-electron chi connectivity index (χ0n) is 15.6. The van der Waals surface area contributed by atoms with Crippen molar-refractivity contribution in [3.05, 3.63) is 46.4 Å². The molecule has 31 heavy (non-hydrogen) atoms. The number of carbonyl (C=O) groups is 1. The van der Waals surface area contributed by atoms with Crippen LogP contribution in [0.15, 0.2) is 24.3 Å². The van der Waals surface area contributed by atoms with Gasteiger partial charge in [-0.2, -0.15) is 26.3 Å². The lowest BCUT2D eigenvalue weighted by Crippen LogP contribution is -2.38. The van der Waals surface area contributed by atoms with Gasteiger partial charge in [-0.3, -0.25) is 4.90 Å². The predicted molar refractivity (Wildman–Crippen MR) is 96.9 cm³/mol. The molecule has 0 N–H and O–H groups in total. The summed E-state index contributed by atoms with van der Waals surface area (Å²) in [5.74, 6) is -2.21. The molecule has 1 aromatic carbocycles. The van der Waals surface area contributed by atoms with Gasteiger partial charge < -0.3 is 9.64 Å². The summed E-state index contributed by atoms with van der Waals surface area (Å²) in [7, 11) is 1.07. The van der Waals surface area contributed by atoms with E-state index in [1.807, 2.05) is 0 Å². The molecule has 0 radical (unpaired) electrons. The van der Waals surface area contributed by atoms with E-state index in [-0.39, 0.29) is 25.0 Å². The van der Waals surface area contributed by atoms with Gasteiger partial charge in [-0.1, -0.05) is 11.6 Å². The Hall–Kier alpha value is -2.76. The van der Waals surface area contributed by atoms with Gasteiger partial charge in [-0.25, -0.2) is 14.2 Å². The molecule has 0 unspecified atom stereocenters. The first-order valence-corrected chi connectivity index (χ1v) is 9.02. The average molecular weight is 472 g/mol. The monoisotopic (exact) mass is 471 g/mol. The highest BCUT2D eigenvalue weighted by molar-refractivity contribution is 6.29. The van der Waals surface area contributed by atoms with Crippen molar-refractivity contribution in [3.63, 3.8) is 0 Å². The Morgan fingerprint density at radius 1 is 1.13 bits per heavy atom. The zero-order valence-corrected chi connectivity index (χ0v) is 16.4. The van der Waals surface area contributed by atoms with Crippen LogP contribution in [0.3, 0.4) is 0 Å². The third-order valence-electron chi connectivity index (χ3n) is 4.49. The number of rotatable bonds is 3. The topological polar surface area (TPSA) is 45.7 Å². The summed E-state index contributed by atoms with van der Waals surface area (Å²) < 4.78 is 98.5. The maximum Gasteiger partial charge on any atom is 0.420 e. The molecule has 0 atom stereocenters. The molecule has 0 saturated carbocycles. The first-order valence-electron chi connectivity index (χ1n) is 8.64. The van der Waals surface area contributed by atoms with Crippen molar-refractivity contribution in [1.29, 1.82) is 0 Å². The van der Waals surface area contributed by atoms with Crippen LogP contribution in [0.25, 0.3) is 0 Å². The third kappa shape index (κ3) is 4.78. The number of amides is 1. The van der Waals surface area contributed by atoms with Gasteiger partial charge in [0.15, 0.2) is 16.7 Å². The Balaban J connectivity index is 2.05. The van der Waals surface area contributed by atoms with Crippen LogP contribution in [0.4, 0.5) is 47.0 Å². The Morgan fingerprint density at radius 3 is 2.26 bits per heavy atom. The largest absolute Gasteiger partial charge is 0.420 e. The van der Waals surface area contributed by atoms with Gasteiger partial charge in [0, 0.05) is 20.1 Å². The molecule has 1 aromatic heterocycles. The van der Waals surface area contributed by atoms with Crippen molar-refractivity contribution in [3.8, 4) is 5.75 Å². The Labute approximate surface area is 176 Å². The summed E-state index contributed by atoms with van der Waals surface area (Å²) in [6.07, 6.45) is -11.1. The minimum atomic E-state index is -5.24. The number of benzene rings is 1. The maximum atomic E-state index is 13.6.